The molecule has 0 amide bonds. The Balaban J connectivity index is 1.98. The third kappa shape index (κ3) is 3.43. The van der Waals surface area contributed by atoms with E-state index in [4.69, 9.17) is 14.2 Å². The van der Waals surface area contributed by atoms with Crippen LogP contribution in [0.25, 0.3) is 6.08 Å². The fraction of sp³-hybridized carbons (Fsp3) is 0.111. The zero-order valence-electron chi connectivity index (χ0n) is 13.1. The van der Waals surface area contributed by atoms with Crippen LogP contribution in [-0.4, -0.2) is 26.1 Å². The predicted octanol–water partition coefficient (Wildman–Crippen LogP) is 3.65. The Morgan fingerprint density at radius 3 is 2.50 bits per heavy atom. The number of hydrogen-bond donors (Lipinski definition) is 0. The zero-order chi connectivity index (χ0) is 17.1. The van der Waals surface area contributed by atoms with E-state index in [1.165, 1.54) is 0 Å². The number of esters is 1. The summed E-state index contributed by atoms with van der Waals surface area (Å²) < 4.78 is 16.9. The molecule has 2 aromatic rings. The highest BCUT2D eigenvalue weighted by Crippen LogP contribution is 2.28. The van der Waals surface area contributed by atoms with E-state index in [0.717, 1.165) is 9.13 Å². The monoisotopic (exact) mass is 435 g/mol. The number of hydrogen-bond acceptors (Lipinski definition) is 5. The first kappa shape index (κ1) is 16.5. The molecule has 1 aliphatic heterocycles. The topological polar surface area (TPSA) is 57.1 Å². The lowest BCUT2D eigenvalue weighted by molar-refractivity contribution is -0.129. The highest BCUT2D eigenvalue weighted by atomic mass is 127. The van der Waals surface area contributed by atoms with Gasteiger partial charge in [-0.3, -0.25) is 0 Å². The van der Waals surface area contributed by atoms with Gasteiger partial charge in [-0.2, -0.15) is 0 Å². The van der Waals surface area contributed by atoms with Gasteiger partial charge >= 0.3 is 5.97 Å². The fourth-order valence-corrected chi connectivity index (χ4v) is 2.58. The molecule has 1 aliphatic rings. The summed E-state index contributed by atoms with van der Waals surface area (Å²) in [5, 5.41) is 0. The smallest absolute Gasteiger partial charge is 0.363 e. The van der Waals surface area contributed by atoms with Crippen LogP contribution < -0.4 is 9.47 Å². The van der Waals surface area contributed by atoms with Crippen LogP contribution in [0.15, 0.2) is 53.2 Å². The van der Waals surface area contributed by atoms with Crippen molar-refractivity contribution >= 4 is 40.5 Å². The third-order valence-electron chi connectivity index (χ3n) is 3.44. The van der Waals surface area contributed by atoms with E-state index in [9.17, 15) is 4.79 Å². The quantitative estimate of drug-likeness (QED) is 0.418. The molecule has 0 aliphatic carbocycles. The van der Waals surface area contributed by atoms with Gasteiger partial charge in [0.15, 0.2) is 5.70 Å². The zero-order valence-corrected chi connectivity index (χ0v) is 15.2. The van der Waals surface area contributed by atoms with E-state index >= 15 is 0 Å². The Morgan fingerprint density at radius 1 is 1.08 bits per heavy atom. The molecule has 0 bridgehead atoms. The lowest BCUT2D eigenvalue weighted by Crippen LogP contribution is -2.05. The summed E-state index contributed by atoms with van der Waals surface area (Å²) in [7, 11) is 3.15. The number of carbonyl (C=O) groups excluding carboxylic acids is 1. The van der Waals surface area contributed by atoms with Crippen LogP contribution in [0.2, 0.25) is 0 Å². The number of halogens is 1. The SMILES string of the molecule is COc1ccc(OC)c(/C=C2/N=C(c3ccc(I)cc3)OC2=O)c1. The maximum absolute atomic E-state index is 12.1. The lowest BCUT2D eigenvalue weighted by Gasteiger charge is -2.07. The summed E-state index contributed by atoms with van der Waals surface area (Å²) in [6.45, 7) is 0. The number of rotatable bonds is 4. The molecule has 1 heterocycles. The average molecular weight is 435 g/mol. The van der Waals surface area contributed by atoms with Gasteiger partial charge in [0.25, 0.3) is 0 Å². The third-order valence-corrected chi connectivity index (χ3v) is 4.16. The molecule has 0 spiro atoms. The summed E-state index contributed by atoms with van der Waals surface area (Å²) in [4.78, 5) is 16.4. The molecule has 0 saturated carbocycles. The first-order chi connectivity index (χ1) is 11.6. The number of aliphatic imine (C=N–C) groups is 1. The summed E-state index contributed by atoms with van der Waals surface area (Å²) in [5.41, 5.74) is 1.66. The fourth-order valence-electron chi connectivity index (χ4n) is 2.22. The number of carbonyl (C=O) groups is 1. The molecule has 0 atom stereocenters. The van der Waals surface area contributed by atoms with E-state index < -0.39 is 5.97 Å². The van der Waals surface area contributed by atoms with E-state index in [2.05, 4.69) is 27.6 Å². The molecule has 0 saturated heterocycles. The maximum atomic E-state index is 12.1. The van der Waals surface area contributed by atoms with Gasteiger partial charge in [-0.1, -0.05) is 0 Å². The van der Waals surface area contributed by atoms with Crippen molar-refractivity contribution in [2.75, 3.05) is 14.2 Å². The summed E-state index contributed by atoms with van der Waals surface area (Å²) in [6, 6.07) is 12.9. The van der Waals surface area contributed by atoms with Crippen molar-refractivity contribution < 1.29 is 19.0 Å². The molecule has 6 heteroatoms. The second kappa shape index (κ2) is 7.04. The van der Waals surface area contributed by atoms with E-state index in [0.29, 0.717) is 23.0 Å². The number of methoxy groups -OCH3 is 2. The number of ether oxygens (including phenoxy) is 3. The van der Waals surface area contributed by atoms with Gasteiger partial charge in [0.05, 0.1) is 14.2 Å². The second-order valence-electron chi connectivity index (χ2n) is 4.95. The van der Waals surface area contributed by atoms with Crippen LogP contribution in [0, 0.1) is 3.57 Å². The second-order valence-corrected chi connectivity index (χ2v) is 6.20. The molecule has 5 nitrogen and oxygen atoms in total. The highest BCUT2D eigenvalue weighted by molar-refractivity contribution is 14.1. The number of cyclic esters (lactones) is 1. The Morgan fingerprint density at radius 2 is 1.83 bits per heavy atom. The normalized spacial score (nSPS) is 15.2. The van der Waals surface area contributed by atoms with E-state index in [-0.39, 0.29) is 5.70 Å². The van der Waals surface area contributed by atoms with Crippen molar-refractivity contribution in [2.24, 2.45) is 4.99 Å². The van der Waals surface area contributed by atoms with Crippen molar-refractivity contribution in [2.45, 2.75) is 0 Å². The first-order valence-corrected chi connectivity index (χ1v) is 8.19. The van der Waals surface area contributed by atoms with Gasteiger partial charge < -0.3 is 14.2 Å². The van der Waals surface area contributed by atoms with Gasteiger partial charge in [0, 0.05) is 14.7 Å². The van der Waals surface area contributed by atoms with Crippen LogP contribution >= 0.6 is 22.6 Å². The maximum Gasteiger partial charge on any atom is 0.363 e. The highest BCUT2D eigenvalue weighted by Gasteiger charge is 2.24. The first-order valence-electron chi connectivity index (χ1n) is 7.11. The Hall–Kier alpha value is -2.35. The molecular weight excluding hydrogens is 421 g/mol. The minimum atomic E-state index is -0.492. The number of benzene rings is 2. The van der Waals surface area contributed by atoms with E-state index in [1.807, 2.05) is 24.3 Å². The average Bonchev–Trinajstić information content (AvgIpc) is 2.96. The van der Waals surface area contributed by atoms with Crippen molar-refractivity contribution in [3.05, 3.63) is 62.9 Å². The van der Waals surface area contributed by atoms with Gasteiger partial charge in [-0.25, -0.2) is 9.79 Å². The summed E-state index contributed by atoms with van der Waals surface area (Å²) in [6.07, 6.45) is 1.63. The molecular formula is C18H14INO4. The Kier molecular flexibility index (Phi) is 4.84. The summed E-state index contributed by atoms with van der Waals surface area (Å²) in [5.74, 6) is 1.09. The van der Waals surface area contributed by atoms with Crippen LogP contribution in [0.1, 0.15) is 11.1 Å². The number of nitrogens with zero attached hydrogens (tertiary/aromatic N) is 1. The van der Waals surface area contributed by atoms with E-state index in [1.54, 1.807) is 38.5 Å². The van der Waals surface area contributed by atoms with Gasteiger partial charge in [0.2, 0.25) is 5.90 Å². The molecule has 0 radical (unpaired) electrons. The molecule has 122 valence electrons. The minimum Gasteiger partial charge on any atom is -0.497 e. The van der Waals surface area contributed by atoms with Crippen LogP contribution in [0.4, 0.5) is 0 Å². The molecule has 0 N–H and O–H groups in total. The molecule has 0 aromatic heterocycles. The summed E-state index contributed by atoms with van der Waals surface area (Å²) >= 11 is 2.21. The van der Waals surface area contributed by atoms with Gasteiger partial charge in [-0.05, 0) is 71.1 Å². The minimum absolute atomic E-state index is 0.218. The van der Waals surface area contributed by atoms with Crippen LogP contribution in [0.5, 0.6) is 11.5 Å². The molecule has 2 aromatic carbocycles. The largest absolute Gasteiger partial charge is 0.497 e. The Bertz CT molecular complexity index is 841. The van der Waals surface area contributed by atoms with Gasteiger partial charge in [0.1, 0.15) is 11.5 Å². The molecule has 24 heavy (non-hydrogen) atoms. The van der Waals surface area contributed by atoms with Crippen LogP contribution in [-0.2, 0) is 9.53 Å². The lowest BCUT2D eigenvalue weighted by atomic mass is 10.1. The van der Waals surface area contributed by atoms with Crippen molar-refractivity contribution in [1.82, 2.24) is 0 Å². The standard InChI is InChI=1S/C18H14INO4/c1-22-14-7-8-16(23-2)12(9-14)10-15-18(21)24-17(20-15)11-3-5-13(19)6-4-11/h3-10H,1-2H3/b15-10+. The molecule has 0 unspecified atom stereocenters. The van der Waals surface area contributed by atoms with Crippen molar-refractivity contribution in [3.8, 4) is 11.5 Å². The Labute approximate surface area is 153 Å². The molecule has 0 fully saturated rings. The van der Waals surface area contributed by atoms with Crippen molar-refractivity contribution in [1.29, 1.82) is 0 Å². The van der Waals surface area contributed by atoms with Gasteiger partial charge in [-0.15, -0.1) is 0 Å². The van der Waals surface area contributed by atoms with Crippen LogP contribution in [0.3, 0.4) is 0 Å². The molecule has 3 rings (SSSR count). The predicted molar refractivity (Wildman–Crippen MR) is 99.3 cm³/mol. The van der Waals surface area contributed by atoms with Crippen molar-refractivity contribution in [3.63, 3.8) is 0 Å².